The van der Waals surface area contributed by atoms with Crippen LogP contribution in [0.1, 0.15) is 15.9 Å². The molecular formula is C14H14N2OS. The van der Waals surface area contributed by atoms with E-state index in [0.717, 1.165) is 0 Å². The molecule has 1 aromatic carbocycles. The topological polar surface area (TPSA) is 45.9 Å². The van der Waals surface area contributed by atoms with Gasteiger partial charge in [0.2, 0.25) is 0 Å². The number of benzene rings is 1. The van der Waals surface area contributed by atoms with Gasteiger partial charge in [0.1, 0.15) is 5.49 Å². The minimum Gasteiger partial charge on any atom is -0.323 e. The minimum absolute atomic E-state index is 0.00884. The fourth-order valence-corrected chi connectivity index (χ4v) is 2.17. The molecule has 0 aliphatic carbocycles. The molecule has 0 spiro atoms. The molecule has 4 heteroatoms. The number of hydrogen-bond acceptors (Lipinski definition) is 3. The average Bonchev–Trinajstić information content (AvgIpc) is 2.42. The van der Waals surface area contributed by atoms with E-state index >= 15 is 0 Å². The predicted octanol–water partition coefficient (Wildman–Crippen LogP) is 2.52. The maximum absolute atomic E-state index is 12.2. The first kappa shape index (κ1) is 12.6. The number of carbonyl (C=O) groups is 1. The van der Waals surface area contributed by atoms with Crippen molar-refractivity contribution >= 4 is 17.5 Å². The van der Waals surface area contributed by atoms with Crippen LogP contribution in [-0.4, -0.2) is 16.6 Å². The quantitative estimate of drug-likeness (QED) is 0.856. The summed E-state index contributed by atoms with van der Waals surface area (Å²) < 4.78 is 1.76. The summed E-state index contributed by atoms with van der Waals surface area (Å²) in [5.74, 6) is 0.667. The summed E-state index contributed by atoms with van der Waals surface area (Å²) in [5.41, 5.74) is 1.70. The van der Waals surface area contributed by atoms with Crippen LogP contribution in [0.5, 0.6) is 0 Å². The molecule has 1 heterocycles. The van der Waals surface area contributed by atoms with Gasteiger partial charge in [0, 0.05) is 17.3 Å². The SMILES string of the molecule is CSCn1cc(C(=O)c2ccccc2)ccc1=N. The van der Waals surface area contributed by atoms with E-state index < -0.39 is 0 Å². The molecule has 2 aromatic rings. The number of hydrogen-bond donors (Lipinski definition) is 1. The minimum atomic E-state index is -0.00884. The number of nitrogens with one attached hydrogen (secondary N) is 1. The Morgan fingerprint density at radius 2 is 1.89 bits per heavy atom. The lowest BCUT2D eigenvalue weighted by molar-refractivity contribution is 0.103. The van der Waals surface area contributed by atoms with Crippen molar-refractivity contribution in [2.75, 3.05) is 6.26 Å². The second kappa shape index (κ2) is 5.69. The molecule has 0 amide bonds. The Kier molecular flexibility index (Phi) is 3.99. The zero-order valence-electron chi connectivity index (χ0n) is 10.1. The Bertz CT molecular complexity index is 605. The maximum Gasteiger partial charge on any atom is 0.194 e. The van der Waals surface area contributed by atoms with Gasteiger partial charge in [-0.1, -0.05) is 30.3 Å². The van der Waals surface area contributed by atoms with E-state index in [1.807, 2.05) is 24.5 Å². The summed E-state index contributed by atoms with van der Waals surface area (Å²) in [6.07, 6.45) is 3.71. The van der Waals surface area contributed by atoms with Gasteiger partial charge in [-0.25, -0.2) is 0 Å². The number of aromatic nitrogens is 1. The number of pyridine rings is 1. The highest BCUT2D eigenvalue weighted by Crippen LogP contribution is 2.08. The van der Waals surface area contributed by atoms with Crippen LogP contribution in [-0.2, 0) is 5.88 Å². The van der Waals surface area contributed by atoms with Gasteiger partial charge < -0.3 is 4.57 Å². The van der Waals surface area contributed by atoms with Gasteiger partial charge >= 0.3 is 0 Å². The molecule has 3 nitrogen and oxygen atoms in total. The van der Waals surface area contributed by atoms with Crippen molar-refractivity contribution in [1.82, 2.24) is 4.57 Å². The van der Waals surface area contributed by atoms with Crippen LogP contribution in [0.15, 0.2) is 48.7 Å². The van der Waals surface area contributed by atoms with Crippen LogP contribution in [0.25, 0.3) is 0 Å². The molecule has 0 aliphatic heterocycles. The van der Waals surface area contributed by atoms with Crippen LogP contribution in [0.2, 0.25) is 0 Å². The third-order valence-corrected chi connectivity index (χ3v) is 3.13. The van der Waals surface area contributed by atoms with E-state index in [2.05, 4.69) is 0 Å². The molecule has 0 bridgehead atoms. The average molecular weight is 258 g/mol. The lowest BCUT2D eigenvalue weighted by Crippen LogP contribution is -2.19. The Labute approximate surface area is 110 Å². The van der Waals surface area contributed by atoms with Crippen LogP contribution >= 0.6 is 11.8 Å². The molecular weight excluding hydrogens is 244 g/mol. The Morgan fingerprint density at radius 1 is 1.17 bits per heavy atom. The van der Waals surface area contributed by atoms with Crippen LogP contribution in [0, 0.1) is 5.41 Å². The van der Waals surface area contributed by atoms with Crippen molar-refractivity contribution in [2.24, 2.45) is 0 Å². The summed E-state index contributed by atoms with van der Waals surface area (Å²) >= 11 is 1.62. The van der Waals surface area contributed by atoms with E-state index in [1.165, 1.54) is 0 Å². The molecule has 18 heavy (non-hydrogen) atoms. The molecule has 0 saturated heterocycles. The van der Waals surface area contributed by atoms with Gasteiger partial charge in [-0.15, -0.1) is 11.8 Å². The zero-order chi connectivity index (χ0) is 13.0. The van der Waals surface area contributed by atoms with Gasteiger partial charge in [-0.3, -0.25) is 10.2 Å². The largest absolute Gasteiger partial charge is 0.323 e. The number of rotatable bonds is 4. The Morgan fingerprint density at radius 3 is 2.56 bits per heavy atom. The van der Waals surface area contributed by atoms with Crippen molar-refractivity contribution in [2.45, 2.75) is 5.88 Å². The molecule has 0 fully saturated rings. The molecule has 92 valence electrons. The second-order valence-corrected chi connectivity index (χ2v) is 4.72. The molecule has 1 N–H and O–H groups in total. The summed E-state index contributed by atoms with van der Waals surface area (Å²) in [4.78, 5) is 12.2. The van der Waals surface area contributed by atoms with Crippen LogP contribution < -0.4 is 5.49 Å². The third kappa shape index (κ3) is 2.71. The molecule has 0 saturated carbocycles. The normalized spacial score (nSPS) is 10.3. The summed E-state index contributed by atoms with van der Waals surface area (Å²) in [7, 11) is 0. The predicted molar refractivity (Wildman–Crippen MR) is 73.7 cm³/mol. The van der Waals surface area contributed by atoms with E-state index in [4.69, 9.17) is 5.41 Å². The Hall–Kier alpha value is -1.81. The molecule has 1 aromatic heterocycles. The second-order valence-electron chi connectivity index (χ2n) is 3.89. The number of ketones is 1. The van der Waals surface area contributed by atoms with E-state index in [9.17, 15) is 4.79 Å². The third-order valence-electron chi connectivity index (χ3n) is 2.59. The van der Waals surface area contributed by atoms with Crippen molar-refractivity contribution in [1.29, 1.82) is 5.41 Å². The summed E-state index contributed by atoms with van der Waals surface area (Å²) in [6, 6.07) is 12.5. The molecule has 0 atom stereocenters. The van der Waals surface area contributed by atoms with E-state index in [1.54, 1.807) is 46.8 Å². The molecule has 2 rings (SSSR count). The first-order valence-electron chi connectivity index (χ1n) is 5.56. The van der Waals surface area contributed by atoms with Gasteiger partial charge in [-0.05, 0) is 18.4 Å². The zero-order valence-corrected chi connectivity index (χ0v) is 10.9. The van der Waals surface area contributed by atoms with Gasteiger partial charge in [0.15, 0.2) is 5.78 Å². The standard InChI is InChI=1S/C14H14N2OS/c1-18-10-16-9-12(7-8-13(16)15)14(17)11-5-3-2-4-6-11/h2-9,15H,10H2,1H3. The van der Waals surface area contributed by atoms with Gasteiger partial charge in [0.05, 0.1) is 5.88 Å². The van der Waals surface area contributed by atoms with Crippen LogP contribution in [0.4, 0.5) is 0 Å². The maximum atomic E-state index is 12.2. The first-order valence-corrected chi connectivity index (χ1v) is 6.95. The van der Waals surface area contributed by atoms with Crippen molar-refractivity contribution in [3.8, 4) is 0 Å². The lowest BCUT2D eigenvalue weighted by Gasteiger charge is -2.07. The number of carbonyl (C=O) groups excluding carboxylic acids is 1. The molecule has 0 radical (unpaired) electrons. The summed E-state index contributed by atoms with van der Waals surface area (Å²) in [6.45, 7) is 0. The highest BCUT2D eigenvalue weighted by Gasteiger charge is 2.09. The number of nitrogens with zero attached hydrogens (tertiary/aromatic N) is 1. The fraction of sp³-hybridized carbons (Fsp3) is 0.143. The first-order chi connectivity index (χ1) is 8.72. The van der Waals surface area contributed by atoms with Gasteiger partial charge in [-0.2, -0.15) is 0 Å². The molecule has 0 aliphatic rings. The lowest BCUT2D eigenvalue weighted by atomic mass is 10.1. The monoisotopic (exact) mass is 258 g/mol. The van der Waals surface area contributed by atoms with Gasteiger partial charge in [0.25, 0.3) is 0 Å². The van der Waals surface area contributed by atoms with E-state index in [-0.39, 0.29) is 5.78 Å². The van der Waals surface area contributed by atoms with Crippen molar-refractivity contribution < 1.29 is 4.79 Å². The summed E-state index contributed by atoms with van der Waals surface area (Å²) in [5, 5.41) is 7.75. The highest BCUT2D eigenvalue weighted by atomic mass is 32.2. The van der Waals surface area contributed by atoms with Crippen molar-refractivity contribution in [3.63, 3.8) is 0 Å². The van der Waals surface area contributed by atoms with E-state index in [0.29, 0.717) is 22.5 Å². The Balaban J connectivity index is 2.37. The number of thioether (sulfide) groups is 1. The smallest absolute Gasteiger partial charge is 0.194 e. The fourth-order valence-electron chi connectivity index (χ4n) is 1.68. The van der Waals surface area contributed by atoms with Crippen molar-refractivity contribution in [3.05, 3.63) is 65.3 Å². The highest BCUT2D eigenvalue weighted by molar-refractivity contribution is 7.97. The van der Waals surface area contributed by atoms with Crippen LogP contribution in [0.3, 0.4) is 0 Å². The molecule has 0 unspecified atom stereocenters.